The third-order valence-electron chi connectivity index (χ3n) is 2.75. The molecule has 0 bridgehead atoms. The second-order valence-electron chi connectivity index (χ2n) is 4.59. The minimum Gasteiger partial charge on any atom is -0.331 e. The standard InChI is InChI=1S/C12H16N2OS2/c1-8(2)4-3-6-14-11(15)10-9(5-7-17-10)13-12(14)16/h5,7-8H,3-4,6H2,1-2H3,(H,13,16). The number of hydrogen-bond donors (Lipinski definition) is 1. The van der Waals surface area contributed by atoms with Crippen molar-refractivity contribution < 1.29 is 0 Å². The lowest BCUT2D eigenvalue weighted by atomic mass is 10.1. The van der Waals surface area contributed by atoms with Crippen LogP contribution in [-0.4, -0.2) is 9.55 Å². The molecule has 0 spiro atoms. The fourth-order valence-corrected chi connectivity index (χ4v) is 2.91. The van der Waals surface area contributed by atoms with Gasteiger partial charge in [0.2, 0.25) is 0 Å². The number of nitrogens with one attached hydrogen (secondary N) is 1. The molecule has 17 heavy (non-hydrogen) atoms. The molecule has 0 saturated heterocycles. The van der Waals surface area contributed by atoms with Crippen LogP contribution in [-0.2, 0) is 6.54 Å². The summed E-state index contributed by atoms with van der Waals surface area (Å²) in [5.41, 5.74) is 0.896. The summed E-state index contributed by atoms with van der Waals surface area (Å²) in [6.45, 7) is 5.08. The van der Waals surface area contributed by atoms with Crippen LogP contribution in [0.25, 0.3) is 10.2 Å². The number of thiophene rings is 1. The Morgan fingerprint density at radius 3 is 3.00 bits per heavy atom. The largest absolute Gasteiger partial charge is 0.331 e. The molecule has 2 aromatic rings. The van der Waals surface area contributed by atoms with Crippen LogP contribution in [0.3, 0.4) is 0 Å². The van der Waals surface area contributed by atoms with E-state index in [9.17, 15) is 4.79 Å². The minimum atomic E-state index is 0.0440. The van der Waals surface area contributed by atoms with Crippen LogP contribution in [0.5, 0.6) is 0 Å². The van der Waals surface area contributed by atoms with Crippen molar-refractivity contribution in [1.82, 2.24) is 9.55 Å². The van der Waals surface area contributed by atoms with Crippen molar-refractivity contribution in [3.05, 3.63) is 26.6 Å². The summed E-state index contributed by atoms with van der Waals surface area (Å²) < 4.78 is 2.98. The number of rotatable bonds is 4. The van der Waals surface area contributed by atoms with E-state index in [0.29, 0.717) is 17.2 Å². The van der Waals surface area contributed by atoms with Crippen LogP contribution in [0.15, 0.2) is 16.2 Å². The first-order chi connectivity index (χ1) is 8.09. The molecule has 0 atom stereocenters. The molecule has 5 heteroatoms. The zero-order chi connectivity index (χ0) is 12.4. The number of aromatic amines is 1. The molecule has 1 N–H and O–H groups in total. The maximum Gasteiger partial charge on any atom is 0.272 e. The van der Waals surface area contributed by atoms with Gasteiger partial charge in [-0.1, -0.05) is 13.8 Å². The summed E-state index contributed by atoms with van der Waals surface area (Å²) in [6.07, 6.45) is 2.11. The summed E-state index contributed by atoms with van der Waals surface area (Å²) in [6, 6.07) is 1.90. The van der Waals surface area contributed by atoms with Gasteiger partial charge < -0.3 is 4.98 Å². The Balaban J connectivity index is 2.33. The van der Waals surface area contributed by atoms with E-state index in [-0.39, 0.29) is 5.56 Å². The Morgan fingerprint density at radius 2 is 2.29 bits per heavy atom. The quantitative estimate of drug-likeness (QED) is 0.861. The first-order valence-corrected chi connectivity index (χ1v) is 7.08. The average molecular weight is 268 g/mol. The van der Waals surface area contributed by atoms with Crippen molar-refractivity contribution in [1.29, 1.82) is 0 Å². The molecule has 2 heterocycles. The first kappa shape index (κ1) is 12.5. The molecule has 0 fully saturated rings. The van der Waals surface area contributed by atoms with Gasteiger partial charge in [0, 0.05) is 6.54 Å². The number of H-pyrrole nitrogens is 1. The summed E-state index contributed by atoms with van der Waals surface area (Å²) in [7, 11) is 0. The van der Waals surface area contributed by atoms with Gasteiger partial charge in [0.1, 0.15) is 4.70 Å². The van der Waals surface area contributed by atoms with Crippen LogP contribution in [0.4, 0.5) is 0 Å². The number of hydrogen-bond acceptors (Lipinski definition) is 3. The molecule has 0 aromatic carbocycles. The second kappa shape index (κ2) is 5.14. The molecule has 0 saturated carbocycles. The molecule has 2 rings (SSSR count). The summed E-state index contributed by atoms with van der Waals surface area (Å²) in [5.74, 6) is 0.661. The smallest absolute Gasteiger partial charge is 0.272 e. The van der Waals surface area contributed by atoms with Crippen molar-refractivity contribution in [2.45, 2.75) is 33.2 Å². The lowest BCUT2D eigenvalue weighted by Crippen LogP contribution is -2.21. The molecule has 2 aromatic heterocycles. The third-order valence-corrected chi connectivity index (χ3v) is 3.98. The Kier molecular flexibility index (Phi) is 3.79. The van der Waals surface area contributed by atoms with Gasteiger partial charge in [0.05, 0.1) is 5.52 Å². The predicted molar refractivity (Wildman–Crippen MR) is 75.3 cm³/mol. The highest BCUT2D eigenvalue weighted by Gasteiger charge is 2.06. The molecule has 0 aliphatic rings. The van der Waals surface area contributed by atoms with Crippen molar-refractivity contribution in [2.75, 3.05) is 0 Å². The van der Waals surface area contributed by atoms with E-state index >= 15 is 0 Å². The normalized spacial score (nSPS) is 11.5. The van der Waals surface area contributed by atoms with Crippen LogP contribution < -0.4 is 5.56 Å². The molecule has 3 nitrogen and oxygen atoms in total. The highest BCUT2D eigenvalue weighted by molar-refractivity contribution is 7.71. The van der Waals surface area contributed by atoms with Crippen molar-refractivity contribution in [2.24, 2.45) is 5.92 Å². The van der Waals surface area contributed by atoms with Crippen LogP contribution >= 0.6 is 23.6 Å². The number of fused-ring (bicyclic) bond motifs is 1. The van der Waals surface area contributed by atoms with E-state index in [1.165, 1.54) is 11.3 Å². The topological polar surface area (TPSA) is 37.8 Å². The average Bonchev–Trinajstić information content (AvgIpc) is 2.70. The molecular weight excluding hydrogens is 252 g/mol. The molecular formula is C12H16N2OS2. The Hall–Kier alpha value is -0.940. The van der Waals surface area contributed by atoms with Gasteiger partial charge in [-0.05, 0) is 42.4 Å². The molecule has 0 aliphatic heterocycles. The van der Waals surface area contributed by atoms with Crippen LogP contribution in [0.1, 0.15) is 26.7 Å². The van der Waals surface area contributed by atoms with Crippen LogP contribution in [0, 0.1) is 10.7 Å². The highest BCUT2D eigenvalue weighted by atomic mass is 32.1. The Morgan fingerprint density at radius 1 is 1.53 bits per heavy atom. The van der Waals surface area contributed by atoms with Crippen molar-refractivity contribution in [3.8, 4) is 0 Å². The van der Waals surface area contributed by atoms with E-state index in [2.05, 4.69) is 18.8 Å². The van der Waals surface area contributed by atoms with Gasteiger partial charge in [0.25, 0.3) is 5.56 Å². The van der Waals surface area contributed by atoms with Crippen molar-refractivity contribution >= 4 is 33.8 Å². The molecule has 92 valence electrons. The van der Waals surface area contributed by atoms with Gasteiger partial charge in [-0.3, -0.25) is 9.36 Å². The molecule has 0 unspecified atom stereocenters. The zero-order valence-electron chi connectivity index (χ0n) is 10.0. The van der Waals surface area contributed by atoms with E-state index < -0.39 is 0 Å². The number of nitrogens with zero attached hydrogens (tertiary/aromatic N) is 1. The van der Waals surface area contributed by atoms with E-state index in [1.54, 1.807) is 4.57 Å². The van der Waals surface area contributed by atoms with Gasteiger partial charge in [-0.25, -0.2) is 0 Å². The molecule has 0 radical (unpaired) electrons. The summed E-state index contributed by atoms with van der Waals surface area (Å²) >= 11 is 6.69. The lowest BCUT2D eigenvalue weighted by Gasteiger charge is -2.07. The fourth-order valence-electron chi connectivity index (χ4n) is 1.83. The summed E-state index contributed by atoms with van der Waals surface area (Å²) in [4.78, 5) is 15.3. The highest BCUT2D eigenvalue weighted by Crippen LogP contribution is 2.14. The fraction of sp³-hybridized carbons (Fsp3) is 0.500. The van der Waals surface area contributed by atoms with Crippen LogP contribution in [0.2, 0.25) is 0 Å². The second-order valence-corrected chi connectivity index (χ2v) is 5.89. The van der Waals surface area contributed by atoms with Gasteiger partial charge in [-0.15, -0.1) is 11.3 Å². The zero-order valence-corrected chi connectivity index (χ0v) is 11.7. The summed E-state index contributed by atoms with van der Waals surface area (Å²) in [5, 5.41) is 1.91. The van der Waals surface area contributed by atoms with Crippen molar-refractivity contribution in [3.63, 3.8) is 0 Å². The maximum atomic E-state index is 12.2. The molecule has 0 amide bonds. The predicted octanol–water partition coefficient (Wildman–Crippen LogP) is 3.56. The maximum absolute atomic E-state index is 12.2. The van der Waals surface area contributed by atoms with E-state index in [0.717, 1.165) is 23.1 Å². The third kappa shape index (κ3) is 2.66. The number of aromatic nitrogens is 2. The molecule has 0 aliphatic carbocycles. The Bertz CT molecular complexity index is 621. The SMILES string of the molecule is CC(C)CCCn1c(=S)[nH]c2ccsc2c1=O. The first-order valence-electron chi connectivity index (χ1n) is 5.80. The van der Waals surface area contributed by atoms with Gasteiger partial charge in [-0.2, -0.15) is 0 Å². The van der Waals surface area contributed by atoms with Gasteiger partial charge in [0.15, 0.2) is 4.77 Å². The Labute approximate surface area is 109 Å². The minimum absolute atomic E-state index is 0.0440. The van der Waals surface area contributed by atoms with E-state index in [1.807, 2.05) is 11.4 Å². The monoisotopic (exact) mass is 268 g/mol. The lowest BCUT2D eigenvalue weighted by molar-refractivity contribution is 0.502. The van der Waals surface area contributed by atoms with Gasteiger partial charge >= 0.3 is 0 Å². The van der Waals surface area contributed by atoms with E-state index in [4.69, 9.17) is 12.2 Å².